The summed E-state index contributed by atoms with van der Waals surface area (Å²) in [6.07, 6.45) is 0. The number of anilines is 1. The third-order valence-electron chi connectivity index (χ3n) is 3.66. The van der Waals surface area contributed by atoms with Gasteiger partial charge in [0, 0.05) is 5.56 Å². The van der Waals surface area contributed by atoms with Crippen LogP contribution in [0.1, 0.15) is 11.1 Å². The highest BCUT2D eigenvalue weighted by Gasteiger charge is 2.16. The molecular formula is C17H18N4O. The smallest absolute Gasteiger partial charge is 0.156 e. The highest BCUT2D eigenvalue weighted by atomic mass is 16.5. The summed E-state index contributed by atoms with van der Waals surface area (Å²) in [5.41, 5.74) is 11.1. The molecule has 0 radical (unpaired) electrons. The van der Waals surface area contributed by atoms with Gasteiger partial charge in [0.05, 0.1) is 7.11 Å². The van der Waals surface area contributed by atoms with Gasteiger partial charge in [0.25, 0.3) is 0 Å². The highest BCUT2D eigenvalue weighted by Crippen LogP contribution is 2.31. The molecule has 1 aromatic heterocycles. The third-order valence-corrected chi connectivity index (χ3v) is 3.66. The van der Waals surface area contributed by atoms with Crippen LogP contribution in [0.5, 0.6) is 5.75 Å². The lowest BCUT2D eigenvalue weighted by molar-refractivity contribution is 0.411. The van der Waals surface area contributed by atoms with E-state index in [9.17, 15) is 0 Å². The van der Waals surface area contributed by atoms with E-state index in [0.29, 0.717) is 17.3 Å². The Kier molecular flexibility index (Phi) is 3.55. The van der Waals surface area contributed by atoms with Crippen molar-refractivity contribution >= 4 is 5.82 Å². The van der Waals surface area contributed by atoms with Gasteiger partial charge in [-0.3, -0.25) is 0 Å². The van der Waals surface area contributed by atoms with E-state index in [1.807, 2.05) is 43.3 Å². The molecule has 5 heteroatoms. The minimum atomic E-state index is 0.497. The Labute approximate surface area is 129 Å². The summed E-state index contributed by atoms with van der Waals surface area (Å²) in [6.45, 7) is 4.11. The van der Waals surface area contributed by atoms with Crippen molar-refractivity contribution in [3.63, 3.8) is 0 Å². The van der Waals surface area contributed by atoms with E-state index in [0.717, 1.165) is 16.8 Å². The maximum Gasteiger partial charge on any atom is 0.156 e. The van der Waals surface area contributed by atoms with Crippen molar-refractivity contribution in [3.05, 3.63) is 53.6 Å². The van der Waals surface area contributed by atoms with Crippen LogP contribution < -0.4 is 10.5 Å². The molecule has 5 nitrogen and oxygen atoms in total. The van der Waals surface area contributed by atoms with Gasteiger partial charge in [0.1, 0.15) is 17.1 Å². The first-order chi connectivity index (χ1) is 10.6. The summed E-state index contributed by atoms with van der Waals surface area (Å²) in [4.78, 5) is 0. The monoisotopic (exact) mass is 294 g/mol. The van der Waals surface area contributed by atoms with E-state index in [1.165, 1.54) is 5.56 Å². The predicted octanol–water partition coefficient (Wildman–Crippen LogP) is 3.14. The Morgan fingerprint density at radius 2 is 1.86 bits per heavy atom. The summed E-state index contributed by atoms with van der Waals surface area (Å²) < 4.78 is 6.97. The molecule has 0 aliphatic heterocycles. The Balaban J connectivity index is 2.13. The number of aryl methyl sites for hydroxylation is 2. The second-order valence-electron chi connectivity index (χ2n) is 5.23. The molecule has 1 heterocycles. The predicted molar refractivity (Wildman–Crippen MR) is 87.2 cm³/mol. The summed E-state index contributed by atoms with van der Waals surface area (Å²) in [5.74, 6) is 1.20. The molecule has 3 rings (SSSR count). The van der Waals surface area contributed by atoms with Crippen molar-refractivity contribution in [1.29, 1.82) is 0 Å². The van der Waals surface area contributed by atoms with Crippen molar-refractivity contribution in [1.82, 2.24) is 15.0 Å². The number of para-hydroxylation sites is 2. The Morgan fingerprint density at radius 3 is 2.59 bits per heavy atom. The molecule has 112 valence electrons. The van der Waals surface area contributed by atoms with Crippen molar-refractivity contribution in [2.75, 3.05) is 12.8 Å². The summed E-state index contributed by atoms with van der Waals surface area (Å²) in [6, 6.07) is 13.8. The van der Waals surface area contributed by atoms with Gasteiger partial charge in [-0.05, 0) is 31.5 Å². The van der Waals surface area contributed by atoms with Gasteiger partial charge >= 0.3 is 0 Å². The normalized spacial score (nSPS) is 10.7. The largest absolute Gasteiger partial charge is 0.494 e. The van der Waals surface area contributed by atoms with Crippen LogP contribution >= 0.6 is 0 Å². The Bertz CT molecular complexity index is 823. The summed E-state index contributed by atoms with van der Waals surface area (Å²) in [7, 11) is 1.62. The number of rotatable bonds is 3. The Morgan fingerprint density at radius 1 is 1.09 bits per heavy atom. The maximum absolute atomic E-state index is 6.28. The van der Waals surface area contributed by atoms with Gasteiger partial charge in [0.15, 0.2) is 5.82 Å². The van der Waals surface area contributed by atoms with E-state index in [2.05, 4.69) is 23.3 Å². The molecule has 22 heavy (non-hydrogen) atoms. The first kappa shape index (κ1) is 14.1. The van der Waals surface area contributed by atoms with Crippen molar-refractivity contribution < 1.29 is 4.74 Å². The average molecular weight is 294 g/mol. The lowest BCUT2D eigenvalue weighted by Crippen LogP contribution is -2.04. The van der Waals surface area contributed by atoms with E-state index in [4.69, 9.17) is 10.5 Å². The van der Waals surface area contributed by atoms with Gasteiger partial charge in [-0.25, -0.2) is 0 Å². The maximum atomic E-state index is 6.28. The van der Waals surface area contributed by atoms with E-state index in [1.54, 1.807) is 11.8 Å². The molecule has 0 aliphatic carbocycles. The zero-order valence-corrected chi connectivity index (χ0v) is 12.9. The number of hydrogen-bond donors (Lipinski definition) is 1. The van der Waals surface area contributed by atoms with Crippen molar-refractivity contribution in [2.45, 2.75) is 13.8 Å². The fourth-order valence-corrected chi connectivity index (χ4v) is 2.54. The topological polar surface area (TPSA) is 66.0 Å². The fraction of sp³-hybridized carbons (Fsp3) is 0.176. The quantitative estimate of drug-likeness (QED) is 0.806. The minimum absolute atomic E-state index is 0.497. The number of nitrogens with zero attached hydrogens (tertiary/aromatic N) is 3. The molecule has 0 bridgehead atoms. The first-order valence-electron chi connectivity index (χ1n) is 7.04. The molecule has 0 saturated carbocycles. The average Bonchev–Trinajstić information content (AvgIpc) is 2.89. The molecular weight excluding hydrogens is 276 g/mol. The highest BCUT2D eigenvalue weighted by molar-refractivity contribution is 5.74. The standard InChI is InChI=1S/C17H18N4O/c1-11-8-9-13(12(2)10-11)16-17(18)21(20-19-16)14-6-4-5-7-15(14)22-3/h4-10H,18H2,1-3H3. The van der Waals surface area contributed by atoms with Crippen molar-refractivity contribution in [3.8, 4) is 22.7 Å². The molecule has 0 spiro atoms. The summed E-state index contributed by atoms with van der Waals surface area (Å²) in [5, 5.41) is 8.46. The number of nitrogen functional groups attached to an aromatic ring is 1. The molecule has 0 aliphatic rings. The van der Waals surface area contributed by atoms with Crippen molar-refractivity contribution in [2.24, 2.45) is 0 Å². The summed E-state index contributed by atoms with van der Waals surface area (Å²) >= 11 is 0. The molecule has 2 N–H and O–H groups in total. The Hall–Kier alpha value is -2.82. The molecule has 0 fully saturated rings. The number of aromatic nitrogens is 3. The van der Waals surface area contributed by atoms with Crippen LogP contribution in [0.4, 0.5) is 5.82 Å². The number of benzene rings is 2. The number of nitrogens with two attached hydrogens (primary N) is 1. The first-order valence-corrected chi connectivity index (χ1v) is 7.04. The van der Waals surface area contributed by atoms with E-state index < -0.39 is 0 Å². The number of ether oxygens (including phenoxy) is 1. The molecule has 3 aromatic rings. The van der Waals surface area contributed by atoms with Crippen LogP contribution in [0, 0.1) is 13.8 Å². The van der Waals surface area contributed by atoms with Crippen LogP contribution in [0.25, 0.3) is 16.9 Å². The van der Waals surface area contributed by atoms with Crippen LogP contribution in [0.15, 0.2) is 42.5 Å². The molecule has 0 amide bonds. The van der Waals surface area contributed by atoms with Gasteiger partial charge in [-0.2, -0.15) is 4.68 Å². The zero-order valence-electron chi connectivity index (χ0n) is 12.9. The van der Waals surface area contributed by atoms with Crippen LogP contribution in [0.3, 0.4) is 0 Å². The molecule has 0 saturated heterocycles. The molecule has 0 unspecified atom stereocenters. The van der Waals surface area contributed by atoms with Gasteiger partial charge in [-0.1, -0.05) is 41.1 Å². The van der Waals surface area contributed by atoms with Gasteiger partial charge < -0.3 is 10.5 Å². The second-order valence-corrected chi connectivity index (χ2v) is 5.23. The van der Waals surface area contributed by atoms with Gasteiger partial charge in [-0.15, -0.1) is 5.10 Å². The number of methoxy groups -OCH3 is 1. The minimum Gasteiger partial charge on any atom is -0.494 e. The fourth-order valence-electron chi connectivity index (χ4n) is 2.54. The third kappa shape index (κ3) is 2.30. The van der Waals surface area contributed by atoms with E-state index >= 15 is 0 Å². The second kappa shape index (κ2) is 5.52. The lowest BCUT2D eigenvalue weighted by atomic mass is 10.0. The zero-order chi connectivity index (χ0) is 15.7. The molecule has 0 atom stereocenters. The van der Waals surface area contributed by atoms with Crippen LogP contribution in [-0.2, 0) is 0 Å². The lowest BCUT2D eigenvalue weighted by Gasteiger charge is -2.09. The van der Waals surface area contributed by atoms with Crippen LogP contribution in [0.2, 0.25) is 0 Å². The number of hydrogen-bond acceptors (Lipinski definition) is 4. The van der Waals surface area contributed by atoms with Gasteiger partial charge in [0.2, 0.25) is 0 Å². The molecule has 2 aromatic carbocycles. The van der Waals surface area contributed by atoms with E-state index in [-0.39, 0.29) is 0 Å². The SMILES string of the molecule is COc1ccccc1-n1nnc(-c2ccc(C)cc2C)c1N. The van der Waals surface area contributed by atoms with Crippen LogP contribution in [-0.4, -0.2) is 22.1 Å².